The maximum atomic E-state index is 11.2. The summed E-state index contributed by atoms with van der Waals surface area (Å²) in [6.45, 7) is 0. The molecule has 0 spiro atoms. The molecule has 0 fully saturated rings. The molecule has 0 unspecified atom stereocenters. The lowest BCUT2D eigenvalue weighted by molar-refractivity contribution is 0.0963. The number of methoxy groups -OCH3 is 1. The third-order valence-corrected chi connectivity index (χ3v) is 1.95. The minimum absolute atomic E-state index is 0.157. The van der Waals surface area contributed by atoms with Crippen LogP contribution in [0.4, 0.5) is 0 Å². The van der Waals surface area contributed by atoms with Gasteiger partial charge in [0.15, 0.2) is 0 Å². The molecule has 13 heavy (non-hydrogen) atoms. The van der Waals surface area contributed by atoms with E-state index in [9.17, 15) is 4.79 Å². The van der Waals surface area contributed by atoms with Gasteiger partial charge in [-0.05, 0) is 18.2 Å². The van der Waals surface area contributed by atoms with Crippen LogP contribution in [-0.2, 0) is 0 Å². The van der Waals surface area contributed by atoms with Crippen LogP contribution in [-0.4, -0.2) is 20.1 Å². The summed E-state index contributed by atoms with van der Waals surface area (Å²) in [7, 11) is 3.08. The molecule has 1 aromatic carbocycles. The Morgan fingerprint density at radius 2 is 2.23 bits per heavy atom. The molecule has 0 bridgehead atoms. The summed E-state index contributed by atoms with van der Waals surface area (Å²) in [5.74, 6) is 0.345. The summed E-state index contributed by atoms with van der Waals surface area (Å²) < 4.78 is 4.97. The second kappa shape index (κ2) is 4.14. The summed E-state index contributed by atoms with van der Waals surface area (Å²) in [4.78, 5) is 11.2. The number of ether oxygens (including phenoxy) is 1. The van der Waals surface area contributed by atoms with Crippen LogP contribution in [0.2, 0.25) is 5.02 Å². The van der Waals surface area contributed by atoms with Gasteiger partial charge in [-0.2, -0.15) is 0 Å². The molecule has 1 N–H and O–H groups in total. The Morgan fingerprint density at radius 1 is 1.54 bits per heavy atom. The van der Waals surface area contributed by atoms with E-state index in [4.69, 9.17) is 16.3 Å². The topological polar surface area (TPSA) is 38.3 Å². The molecule has 0 aliphatic heterocycles. The van der Waals surface area contributed by atoms with Crippen LogP contribution in [0.5, 0.6) is 5.75 Å². The van der Waals surface area contributed by atoms with Crippen molar-refractivity contribution in [2.45, 2.75) is 0 Å². The van der Waals surface area contributed by atoms with Crippen LogP contribution in [0.1, 0.15) is 10.4 Å². The van der Waals surface area contributed by atoms with Crippen molar-refractivity contribution in [3.05, 3.63) is 28.8 Å². The summed E-state index contributed by atoms with van der Waals surface area (Å²) in [6.07, 6.45) is 0. The van der Waals surface area contributed by atoms with Crippen LogP contribution in [0.25, 0.3) is 0 Å². The van der Waals surface area contributed by atoms with E-state index in [1.165, 1.54) is 7.11 Å². The molecule has 0 aromatic heterocycles. The minimum atomic E-state index is -0.157. The lowest BCUT2D eigenvalue weighted by Gasteiger charge is -2.04. The van der Waals surface area contributed by atoms with Crippen molar-refractivity contribution in [2.24, 2.45) is 0 Å². The van der Waals surface area contributed by atoms with Gasteiger partial charge in [0.05, 0.1) is 12.1 Å². The molecule has 0 saturated carbocycles. The van der Waals surface area contributed by atoms with Gasteiger partial charge in [-0.3, -0.25) is 4.79 Å². The van der Waals surface area contributed by atoms with Crippen LogP contribution in [0.3, 0.4) is 0 Å². The van der Waals surface area contributed by atoms with E-state index in [1.54, 1.807) is 25.2 Å². The molecule has 0 atom stereocenters. The van der Waals surface area contributed by atoms with E-state index in [-0.39, 0.29) is 5.91 Å². The summed E-state index contributed by atoms with van der Waals surface area (Å²) in [5, 5.41) is 3.01. The maximum Gasteiger partial charge on any atom is 0.251 e. The number of carbonyl (C=O) groups excluding carboxylic acids is 1. The third kappa shape index (κ3) is 2.12. The Hall–Kier alpha value is -1.22. The fraction of sp³-hybridized carbons (Fsp3) is 0.222. The molecule has 4 heteroatoms. The summed E-state index contributed by atoms with van der Waals surface area (Å²) in [5.41, 5.74) is 0.531. The Morgan fingerprint density at radius 3 is 2.77 bits per heavy atom. The third-order valence-electron chi connectivity index (χ3n) is 1.64. The molecular formula is C9H10ClNO2. The van der Waals surface area contributed by atoms with Crippen molar-refractivity contribution < 1.29 is 9.53 Å². The highest BCUT2D eigenvalue weighted by molar-refractivity contribution is 6.32. The molecule has 0 radical (unpaired) electrons. The van der Waals surface area contributed by atoms with Crippen molar-refractivity contribution in [1.29, 1.82) is 0 Å². The van der Waals surface area contributed by atoms with E-state index in [0.717, 1.165) is 0 Å². The highest BCUT2D eigenvalue weighted by atomic mass is 35.5. The van der Waals surface area contributed by atoms with E-state index < -0.39 is 0 Å². The lowest BCUT2D eigenvalue weighted by atomic mass is 10.2. The van der Waals surface area contributed by atoms with E-state index in [1.807, 2.05) is 0 Å². The summed E-state index contributed by atoms with van der Waals surface area (Å²) >= 11 is 5.79. The second-order valence-electron chi connectivity index (χ2n) is 2.43. The molecule has 1 amide bonds. The predicted octanol–water partition coefficient (Wildman–Crippen LogP) is 1.71. The first-order chi connectivity index (χ1) is 6.19. The predicted molar refractivity (Wildman–Crippen MR) is 51.4 cm³/mol. The Balaban J connectivity index is 3.06. The Bertz CT molecular complexity index is 325. The highest BCUT2D eigenvalue weighted by Crippen LogP contribution is 2.24. The van der Waals surface area contributed by atoms with Crippen LogP contribution in [0.15, 0.2) is 18.2 Å². The molecule has 3 nitrogen and oxygen atoms in total. The molecule has 0 aliphatic rings. The van der Waals surface area contributed by atoms with Crippen LogP contribution >= 0.6 is 11.6 Å². The number of hydrogen-bond acceptors (Lipinski definition) is 2. The van der Waals surface area contributed by atoms with Crippen molar-refractivity contribution in [2.75, 3.05) is 14.2 Å². The Labute approximate surface area is 81.7 Å². The molecule has 0 aliphatic carbocycles. The fourth-order valence-corrected chi connectivity index (χ4v) is 1.14. The van der Waals surface area contributed by atoms with E-state index >= 15 is 0 Å². The number of halogens is 1. The minimum Gasteiger partial charge on any atom is -0.495 e. The van der Waals surface area contributed by atoms with Gasteiger partial charge >= 0.3 is 0 Å². The standard InChI is InChI=1S/C9H10ClNO2/c1-11-9(12)6-3-4-7(10)8(5-6)13-2/h3-5H,1-2H3,(H,11,12). The van der Waals surface area contributed by atoms with Gasteiger partial charge in [0.2, 0.25) is 0 Å². The first-order valence-electron chi connectivity index (χ1n) is 3.74. The number of carbonyl (C=O) groups is 1. The van der Waals surface area contributed by atoms with Crippen molar-refractivity contribution >= 4 is 17.5 Å². The van der Waals surface area contributed by atoms with E-state index in [2.05, 4.69) is 5.32 Å². The number of amides is 1. The van der Waals surface area contributed by atoms with Crippen molar-refractivity contribution in [3.63, 3.8) is 0 Å². The average Bonchev–Trinajstić information content (AvgIpc) is 2.17. The monoisotopic (exact) mass is 199 g/mol. The zero-order valence-corrected chi connectivity index (χ0v) is 8.18. The molecule has 0 heterocycles. The first-order valence-corrected chi connectivity index (χ1v) is 4.12. The maximum absolute atomic E-state index is 11.2. The molecule has 70 valence electrons. The van der Waals surface area contributed by atoms with Crippen LogP contribution < -0.4 is 10.1 Å². The number of nitrogens with one attached hydrogen (secondary N) is 1. The van der Waals surface area contributed by atoms with E-state index in [0.29, 0.717) is 16.3 Å². The average molecular weight is 200 g/mol. The normalized spacial score (nSPS) is 9.46. The molecule has 1 rings (SSSR count). The van der Waals surface area contributed by atoms with Gasteiger partial charge < -0.3 is 10.1 Å². The zero-order chi connectivity index (χ0) is 9.84. The molecule has 0 saturated heterocycles. The number of hydrogen-bond donors (Lipinski definition) is 1. The van der Waals surface area contributed by atoms with Gasteiger partial charge in [0.25, 0.3) is 5.91 Å². The number of benzene rings is 1. The Kier molecular flexibility index (Phi) is 3.14. The second-order valence-corrected chi connectivity index (χ2v) is 2.84. The van der Waals surface area contributed by atoms with Gasteiger partial charge in [-0.15, -0.1) is 0 Å². The molecule has 1 aromatic rings. The summed E-state index contributed by atoms with van der Waals surface area (Å²) in [6, 6.07) is 4.87. The first kappa shape index (κ1) is 9.86. The SMILES string of the molecule is CNC(=O)c1ccc(Cl)c(OC)c1. The quantitative estimate of drug-likeness (QED) is 0.788. The van der Waals surface area contributed by atoms with Gasteiger partial charge in [0, 0.05) is 12.6 Å². The highest BCUT2D eigenvalue weighted by Gasteiger charge is 2.06. The van der Waals surface area contributed by atoms with Crippen molar-refractivity contribution in [3.8, 4) is 5.75 Å². The van der Waals surface area contributed by atoms with Gasteiger partial charge in [0.1, 0.15) is 5.75 Å². The van der Waals surface area contributed by atoms with Gasteiger partial charge in [-0.1, -0.05) is 11.6 Å². The van der Waals surface area contributed by atoms with Crippen molar-refractivity contribution in [1.82, 2.24) is 5.32 Å². The van der Waals surface area contributed by atoms with Crippen LogP contribution in [0, 0.1) is 0 Å². The van der Waals surface area contributed by atoms with Gasteiger partial charge in [-0.25, -0.2) is 0 Å². The number of rotatable bonds is 2. The largest absolute Gasteiger partial charge is 0.495 e. The zero-order valence-electron chi connectivity index (χ0n) is 7.43. The molecular weight excluding hydrogens is 190 g/mol. The smallest absolute Gasteiger partial charge is 0.251 e. The lowest BCUT2D eigenvalue weighted by Crippen LogP contribution is -2.17. The fourth-order valence-electron chi connectivity index (χ4n) is 0.945.